The number of nitro benzene ring substituents is 1. The number of hydrogen-bond donors (Lipinski definition) is 1. The molecule has 1 aliphatic rings. The van der Waals surface area contributed by atoms with Gasteiger partial charge in [0.1, 0.15) is 5.69 Å². The predicted octanol–water partition coefficient (Wildman–Crippen LogP) is 2.52. The van der Waals surface area contributed by atoms with Gasteiger partial charge in [0.2, 0.25) is 5.91 Å². The third-order valence-corrected chi connectivity index (χ3v) is 5.97. The summed E-state index contributed by atoms with van der Waals surface area (Å²) >= 11 is 0. The van der Waals surface area contributed by atoms with Gasteiger partial charge in [0.25, 0.3) is 5.69 Å². The van der Waals surface area contributed by atoms with Crippen LogP contribution in [0, 0.1) is 16.0 Å². The lowest BCUT2D eigenvalue weighted by Crippen LogP contribution is -2.41. The van der Waals surface area contributed by atoms with E-state index in [1.807, 2.05) is 4.90 Å². The van der Waals surface area contributed by atoms with Crippen LogP contribution in [-0.4, -0.2) is 45.1 Å². The van der Waals surface area contributed by atoms with Crippen LogP contribution in [0.4, 0.5) is 11.4 Å². The van der Waals surface area contributed by atoms with Crippen LogP contribution in [0.5, 0.6) is 0 Å². The van der Waals surface area contributed by atoms with Crippen molar-refractivity contribution >= 4 is 27.1 Å². The Hall–Kier alpha value is -2.16. The van der Waals surface area contributed by atoms with E-state index in [9.17, 15) is 23.3 Å². The zero-order valence-electron chi connectivity index (χ0n) is 15.8. The van der Waals surface area contributed by atoms with Gasteiger partial charge in [-0.15, -0.1) is 0 Å². The molecule has 0 bridgehead atoms. The standard InChI is InChI=1S/C18H27N3O5S/c1-3-4-5-10-19-18(22)14-8-11-20(12-9-14)16-7-6-15(27(2,25)26)13-17(16)21(23)24/h6-7,13-14H,3-5,8-12H2,1-2H3,(H,19,22). The van der Waals surface area contributed by atoms with Gasteiger partial charge in [-0.25, -0.2) is 8.42 Å². The zero-order valence-corrected chi connectivity index (χ0v) is 16.6. The monoisotopic (exact) mass is 397 g/mol. The lowest BCUT2D eigenvalue weighted by molar-refractivity contribution is -0.384. The topological polar surface area (TPSA) is 110 Å². The van der Waals surface area contributed by atoms with Crippen LogP contribution >= 0.6 is 0 Å². The van der Waals surface area contributed by atoms with Crippen molar-refractivity contribution in [3.05, 3.63) is 28.3 Å². The van der Waals surface area contributed by atoms with E-state index < -0.39 is 14.8 Å². The third-order valence-electron chi connectivity index (χ3n) is 4.86. The van der Waals surface area contributed by atoms with Gasteiger partial charge in [-0.1, -0.05) is 19.8 Å². The molecule has 150 valence electrons. The molecule has 0 aliphatic carbocycles. The van der Waals surface area contributed by atoms with Crippen molar-refractivity contribution in [2.45, 2.75) is 43.9 Å². The first kappa shape index (κ1) is 21.1. The van der Waals surface area contributed by atoms with Gasteiger partial charge in [0.15, 0.2) is 9.84 Å². The Morgan fingerprint density at radius 1 is 1.30 bits per heavy atom. The Morgan fingerprint density at radius 2 is 1.96 bits per heavy atom. The number of nitrogens with zero attached hydrogens (tertiary/aromatic N) is 2. The number of hydrogen-bond acceptors (Lipinski definition) is 6. The van der Waals surface area contributed by atoms with E-state index >= 15 is 0 Å². The molecule has 0 aromatic heterocycles. The summed E-state index contributed by atoms with van der Waals surface area (Å²) < 4.78 is 23.3. The molecule has 27 heavy (non-hydrogen) atoms. The maximum absolute atomic E-state index is 12.2. The van der Waals surface area contributed by atoms with Crippen LogP contribution in [0.3, 0.4) is 0 Å². The molecule has 1 aromatic rings. The first-order valence-electron chi connectivity index (χ1n) is 9.25. The van der Waals surface area contributed by atoms with Crippen molar-refractivity contribution < 1.29 is 18.1 Å². The van der Waals surface area contributed by atoms with Crippen molar-refractivity contribution in [1.82, 2.24) is 5.32 Å². The fourth-order valence-electron chi connectivity index (χ4n) is 3.26. The maximum atomic E-state index is 12.2. The molecule has 9 heteroatoms. The molecule has 0 saturated carbocycles. The first-order chi connectivity index (χ1) is 12.7. The van der Waals surface area contributed by atoms with E-state index in [1.165, 1.54) is 12.1 Å². The van der Waals surface area contributed by atoms with Crippen molar-refractivity contribution in [2.75, 3.05) is 30.8 Å². The van der Waals surface area contributed by atoms with E-state index in [2.05, 4.69) is 12.2 Å². The average Bonchev–Trinajstić information content (AvgIpc) is 2.64. The molecule has 1 N–H and O–H groups in total. The number of carbonyl (C=O) groups is 1. The summed E-state index contributed by atoms with van der Waals surface area (Å²) in [6, 6.07) is 3.99. The number of sulfone groups is 1. The quantitative estimate of drug-likeness (QED) is 0.410. The number of carbonyl (C=O) groups excluding carboxylic acids is 1. The van der Waals surface area contributed by atoms with E-state index in [-0.39, 0.29) is 22.4 Å². The maximum Gasteiger partial charge on any atom is 0.293 e. The number of benzene rings is 1. The molecule has 1 aliphatic heterocycles. The number of nitrogens with one attached hydrogen (secondary N) is 1. The van der Waals surface area contributed by atoms with Crippen LogP contribution in [0.1, 0.15) is 39.0 Å². The largest absolute Gasteiger partial charge is 0.366 e. The van der Waals surface area contributed by atoms with Crippen LogP contribution < -0.4 is 10.2 Å². The third kappa shape index (κ3) is 5.66. The summed E-state index contributed by atoms with van der Waals surface area (Å²) in [7, 11) is -3.52. The average molecular weight is 397 g/mol. The highest BCUT2D eigenvalue weighted by molar-refractivity contribution is 7.90. The number of amides is 1. The van der Waals surface area contributed by atoms with E-state index in [4.69, 9.17) is 0 Å². The Morgan fingerprint density at radius 3 is 2.52 bits per heavy atom. The van der Waals surface area contributed by atoms with Gasteiger partial charge in [-0.05, 0) is 31.4 Å². The van der Waals surface area contributed by atoms with Crippen molar-refractivity contribution in [2.24, 2.45) is 5.92 Å². The van der Waals surface area contributed by atoms with Gasteiger partial charge >= 0.3 is 0 Å². The Kier molecular flexibility index (Phi) is 7.18. The zero-order chi connectivity index (χ0) is 20.0. The molecule has 8 nitrogen and oxygen atoms in total. The minimum Gasteiger partial charge on any atom is -0.366 e. The summed E-state index contributed by atoms with van der Waals surface area (Å²) in [6.45, 7) is 3.84. The number of anilines is 1. The summed E-state index contributed by atoms with van der Waals surface area (Å²) in [6.07, 6.45) is 5.42. The fourth-order valence-corrected chi connectivity index (χ4v) is 3.90. The summed E-state index contributed by atoms with van der Waals surface area (Å²) in [5.41, 5.74) is 0.176. The normalized spacial score (nSPS) is 15.6. The van der Waals surface area contributed by atoms with Gasteiger partial charge in [-0.2, -0.15) is 0 Å². The molecule has 2 rings (SSSR count). The molecule has 1 saturated heterocycles. The van der Waals surface area contributed by atoms with Crippen LogP contribution in [0.15, 0.2) is 23.1 Å². The minimum atomic E-state index is -3.52. The van der Waals surface area contributed by atoms with Gasteiger partial charge in [0.05, 0.1) is 9.82 Å². The number of rotatable bonds is 8. The highest BCUT2D eigenvalue weighted by Crippen LogP contribution is 2.33. The predicted molar refractivity (Wildman–Crippen MR) is 104 cm³/mol. The summed E-state index contributed by atoms with van der Waals surface area (Å²) in [5.74, 6) is -0.0371. The lowest BCUT2D eigenvalue weighted by Gasteiger charge is -2.32. The first-order valence-corrected chi connectivity index (χ1v) is 11.1. The Labute approximate surface area is 160 Å². The molecular weight excluding hydrogens is 370 g/mol. The molecule has 1 fully saturated rings. The number of nitro groups is 1. The molecule has 0 radical (unpaired) electrons. The SMILES string of the molecule is CCCCCNC(=O)C1CCN(c2ccc(S(C)(=O)=O)cc2[N+](=O)[O-])CC1. The van der Waals surface area contributed by atoms with E-state index in [1.54, 1.807) is 0 Å². The second-order valence-electron chi connectivity index (χ2n) is 6.94. The summed E-state index contributed by atoms with van der Waals surface area (Å²) in [5, 5.41) is 14.4. The molecule has 0 atom stereocenters. The molecule has 1 amide bonds. The molecular formula is C18H27N3O5S. The Bertz CT molecular complexity index is 786. The molecule has 0 spiro atoms. The van der Waals surface area contributed by atoms with Crippen LogP contribution in [-0.2, 0) is 14.6 Å². The van der Waals surface area contributed by atoms with E-state index in [0.717, 1.165) is 31.6 Å². The highest BCUT2D eigenvalue weighted by atomic mass is 32.2. The minimum absolute atomic E-state index is 0.0488. The van der Waals surface area contributed by atoms with Crippen LogP contribution in [0.2, 0.25) is 0 Å². The van der Waals surface area contributed by atoms with Gasteiger partial charge in [0, 0.05) is 37.9 Å². The smallest absolute Gasteiger partial charge is 0.293 e. The molecule has 1 heterocycles. The molecule has 0 unspecified atom stereocenters. The number of piperidine rings is 1. The van der Waals surface area contributed by atoms with E-state index in [0.29, 0.717) is 38.2 Å². The highest BCUT2D eigenvalue weighted by Gasteiger charge is 2.29. The van der Waals surface area contributed by atoms with Gasteiger partial charge in [-0.3, -0.25) is 14.9 Å². The van der Waals surface area contributed by atoms with Crippen LogP contribution in [0.25, 0.3) is 0 Å². The van der Waals surface area contributed by atoms with Crippen molar-refractivity contribution in [3.8, 4) is 0 Å². The van der Waals surface area contributed by atoms with Crippen molar-refractivity contribution in [1.29, 1.82) is 0 Å². The second-order valence-corrected chi connectivity index (χ2v) is 8.95. The summed E-state index contributed by atoms with van der Waals surface area (Å²) in [4.78, 5) is 24.9. The van der Waals surface area contributed by atoms with Gasteiger partial charge < -0.3 is 10.2 Å². The van der Waals surface area contributed by atoms with Crippen molar-refractivity contribution in [3.63, 3.8) is 0 Å². The Balaban J connectivity index is 2.03. The second kappa shape index (κ2) is 9.16. The molecule has 1 aromatic carbocycles. The number of unbranched alkanes of at least 4 members (excludes halogenated alkanes) is 2. The fraction of sp³-hybridized carbons (Fsp3) is 0.611. The lowest BCUT2D eigenvalue weighted by atomic mass is 9.95.